The van der Waals surface area contributed by atoms with Gasteiger partial charge in [0.15, 0.2) is 5.13 Å². The average molecular weight is 456 g/mol. The Morgan fingerprint density at radius 3 is 2.10 bits per heavy atom. The molecule has 2 heterocycles. The molecular weight excluding hydrogens is 426 g/mol. The number of sulfonamides is 1. The van der Waals surface area contributed by atoms with E-state index in [0.717, 1.165) is 38.6 Å². The second-order valence-electron chi connectivity index (χ2n) is 8.31. The van der Waals surface area contributed by atoms with Crippen molar-refractivity contribution in [3.63, 3.8) is 0 Å². The smallest absolute Gasteiger partial charge is 0.243 e. The lowest BCUT2D eigenvalue weighted by molar-refractivity contribution is 0.384. The highest BCUT2D eigenvalue weighted by Gasteiger charge is 2.32. The minimum absolute atomic E-state index is 0.466. The highest BCUT2D eigenvalue weighted by Crippen LogP contribution is 2.32. The van der Waals surface area contributed by atoms with Crippen LogP contribution in [0.1, 0.15) is 27.8 Å². The quantitative estimate of drug-likeness (QED) is 0.564. The molecule has 1 aliphatic heterocycles. The van der Waals surface area contributed by atoms with E-state index < -0.39 is 10.0 Å². The minimum atomic E-state index is -3.53. The van der Waals surface area contributed by atoms with Gasteiger partial charge < -0.3 is 4.90 Å². The average Bonchev–Trinajstić information content (AvgIpc) is 3.23. The number of hydrogen-bond acceptors (Lipinski definition) is 5. The third kappa shape index (κ3) is 4.02. The lowest BCUT2D eigenvalue weighted by Crippen LogP contribution is -2.49. The second kappa shape index (κ2) is 8.37. The molecule has 1 aliphatic rings. The molecular formula is C24H29N3O2S2. The predicted molar refractivity (Wildman–Crippen MR) is 129 cm³/mol. The van der Waals surface area contributed by atoms with Crippen molar-refractivity contribution in [3.8, 4) is 11.3 Å². The van der Waals surface area contributed by atoms with E-state index in [1.54, 1.807) is 15.6 Å². The molecule has 0 atom stereocenters. The number of hydrogen-bond donors (Lipinski definition) is 0. The van der Waals surface area contributed by atoms with Crippen LogP contribution >= 0.6 is 11.3 Å². The highest BCUT2D eigenvalue weighted by atomic mass is 32.2. The van der Waals surface area contributed by atoms with Crippen molar-refractivity contribution in [2.24, 2.45) is 0 Å². The first kappa shape index (κ1) is 22.0. The first-order valence-electron chi connectivity index (χ1n) is 10.5. The fourth-order valence-electron chi connectivity index (χ4n) is 4.21. The molecule has 0 N–H and O–H groups in total. The molecule has 3 aromatic rings. The molecule has 1 saturated heterocycles. The fraction of sp³-hybridized carbons (Fsp3) is 0.375. The maximum Gasteiger partial charge on any atom is 0.243 e. The van der Waals surface area contributed by atoms with Crippen molar-refractivity contribution in [1.82, 2.24) is 9.29 Å². The summed E-state index contributed by atoms with van der Waals surface area (Å²) in [5.41, 5.74) is 7.08. The van der Waals surface area contributed by atoms with Crippen LogP contribution in [0.25, 0.3) is 11.3 Å². The molecule has 164 valence electrons. The summed E-state index contributed by atoms with van der Waals surface area (Å²) >= 11 is 1.62. The summed E-state index contributed by atoms with van der Waals surface area (Å²) in [5, 5.41) is 3.04. The van der Waals surface area contributed by atoms with Crippen molar-refractivity contribution < 1.29 is 8.42 Å². The Kier molecular flexibility index (Phi) is 5.94. The molecule has 1 fully saturated rings. The zero-order valence-corrected chi connectivity index (χ0v) is 20.4. The van der Waals surface area contributed by atoms with Gasteiger partial charge in [-0.3, -0.25) is 0 Å². The van der Waals surface area contributed by atoms with Crippen LogP contribution in [0.5, 0.6) is 0 Å². The molecule has 0 spiro atoms. The van der Waals surface area contributed by atoms with E-state index in [2.05, 4.69) is 35.4 Å². The number of aryl methyl sites for hydroxylation is 3. The third-order valence-corrected chi connectivity index (χ3v) is 9.39. The first-order chi connectivity index (χ1) is 14.7. The maximum atomic E-state index is 13.5. The molecule has 31 heavy (non-hydrogen) atoms. The van der Waals surface area contributed by atoms with Crippen LogP contribution in [-0.2, 0) is 10.0 Å². The number of anilines is 1. The SMILES string of the molecule is Cc1ccccc1-c1csc(N2CCN(S(=O)(=O)c3c(C)c(C)cc(C)c3C)CC2)n1. The lowest BCUT2D eigenvalue weighted by Gasteiger charge is -2.34. The van der Waals surface area contributed by atoms with Gasteiger partial charge in [0.1, 0.15) is 0 Å². The predicted octanol–water partition coefficient (Wildman–Crippen LogP) is 4.86. The van der Waals surface area contributed by atoms with E-state index >= 15 is 0 Å². The number of benzene rings is 2. The van der Waals surface area contributed by atoms with Gasteiger partial charge in [-0.15, -0.1) is 11.3 Å². The molecule has 2 aromatic carbocycles. The summed E-state index contributed by atoms with van der Waals surface area (Å²) in [6, 6.07) is 10.3. The van der Waals surface area contributed by atoms with Crippen molar-refractivity contribution in [2.75, 3.05) is 31.1 Å². The molecule has 0 radical (unpaired) electrons. The van der Waals surface area contributed by atoms with Gasteiger partial charge in [-0.1, -0.05) is 30.3 Å². The summed E-state index contributed by atoms with van der Waals surface area (Å²) in [6.45, 7) is 12.1. The summed E-state index contributed by atoms with van der Waals surface area (Å²) in [6.07, 6.45) is 0. The monoisotopic (exact) mass is 455 g/mol. The second-order valence-corrected chi connectivity index (χ2v) is 11.0. The van der Waals surface area contributed by atoms with E-state index in [1.807, 2.05) is 39.8 Å². The van der Waals surface area contributed by atoms with Gasteiger partial charge in [-0.25, -0.2) is 13.4 Å². The summed E-state index contributed by atoms with van der Waals surface area (Å²) in [4.78, 5) is 7.51. The van der Waals surface area contributed by atoms with Gasteiger partial charge in [-0.05, 0) is 62.4 Å². The van der Waals surface area contributed by atoms with Crippen LogP contribution in [0.15, 0.2) is 40.6 Å². The van der Waals surface area contributed by atoms with Crippen LogP contribution in [-0.4, -0.2) is 43.9 Å². The Morgan fingerprint density at radius 1 is 0.871 bits per heavy atom. The van der Waals surface area contributed by atoms with E-state index in [0.29, 0.717) is 31.1 Å². The molecule has 7 heteroatoms. The van der Waals surface area contributed by atoms with Crippen LogP contribution < -0.4 is 4.90 Å². The molecule has 0 amide bonds. The summed E-state index contributed by atoms with van der Waals surface area (Å²) in [5.74, 6) is 0. The van der Waals surface area contributed by atoms with Crippen LogP contribution in [0, 0.1) is 34.6 Å². The molecule has 5 nitrogen and oxygen atoms in total. The van der Waals surface area contributed by atoms with Crippen molar-refractivity contribution in [3.05, 3.63) is 63.5 Å². The van der Waals surface area contributed by atoms with Gasteiger partial charge >= 0.3 is 0 Å². The van der Waals surface area contributed by atoms with Gasteiger partial charge in [0.25, 0.3) is 0 Å². The van der Waals surface area contributed by atoms with Crippen molar-refractivity contribution in [2.45, 2.75) is 39.5 Å². The minimum Gasteiger partial charge on any atom is -0.345 e. The van der Waals surface area contributed by atoms with Gasteiger partial charge in [0.05, 0.1) is 10.6 Å². The summed E-state index contributed by atoms with van der Waals surface area (Å²) in [7, 11) is -3.53. The lowest BCUT2D eigenvalue weighted by atomic mass is 10.0. The van der Waals surface area contributed by atoms with Gasteiger partial charge in [-0.2, -0.15) is 4.31 Å². The molecule has 0 aliphatic carbocycles. The number of rotatable bonds is 4. The third-order valence-electron chi connectivity index (χ3n) is 6.32. The molecule has 1 aromatic heterocycles. The Labute approximate surface area is 189 Å². The number of thiazole rings is 1. The van der Waals surface area contributed by atoms with Crippen molar-refractivity contribution >= 4 is 26.5 Å². The normalized spacial score (nSPS) is 15.5. The number of aromatic nitrogens is 1. The molecule has 4 rings (SSSR count). The molecule has 0 unspecified atom stereocenters. The Balaban J connectivity index is 1.53. The Hall–Kier alpha value is -2.22. The van der Waals surface area contributed by atoms with Crippen LogP contribution in [0.2, 0.25) is 0 Å². The van der Waals surface area contributed by atoms with E-state index in [-0.39, 0.29) is 0 Å². The van der Waals surface area contributed by atoms with E-state index in [1.165, 1.54) is 5.56 Å². The van der Waals surface area contributed by atoms with Gasteiger partial charge in [0, 0.05) is 37.1 Å². The Morgan fingerprint density at radius 2 is 1.48 bits per heavy atom. The highest BCUT2D eigenvalue weighted by molar-refractivity contribution is 7.89. The van der Waals surface area contributed by atoms with Crippen LogP contribution in [0.4, 0.5) is 5.13 Å². The summed E-state index contributed by atoms with van der Waals surface area (Å²) < 4.78 is 28.6. The molecule has 0 saturated carbocycles. The Bertz CT molecular complexity index is 1200. The maximum absolute atomic E-state index is 13.5. The standard InChI is InChI=1S/C24H29N3O2S2/c1-16-8-6-7-9-21(16)22-15-30-24(25-22)26-10-12-27(13-11-26)31(28,29)23-19(4)17(2)14-18(3)20(23)5/h6-9,14-15H,10-13H2,1-5H3. The molecule has 0 bridgehead atoms. The van der Waals surface area contributed by atoms with Crippen molar-refractivity contribution in [1.29, 1.82) is 0 Å². The number of piperazine rings is 1. The topological polar surface area (TPSA) is 53.5 Å². The van der Waals surface area contributed by atoms with E-state index in [9.17, 15) is 8.42 Å². The largest absolute Gasteiger partial charge is 0.345 e. The number of nitrogens with zero attached hydrogens (tertiary/aromatic N) is 3. The fourth-order valence-corrected chi connectivity index (χ4v) is 7.09. The van der Waals surface area contributed by atoms with Gasteiger partial charge in [0.2, 0.25) is 10.0 Å². The van der Waals surface area contributed by atoms with Crippen LogP contribution in [0.3, 0.4) is 0 Å². The van der Waals surface area contributed by atoms with E-state index in [4.69, 9.17) is 4.98 Å². The zero-order valence-electron chi connectivity index (χ0n) is 18.8. The first-order valence-corrected chi connectivity index (χ1v) is 12.9. The zero-order chi connectivity index (χ0) is 22.3.